The minimum Gasteiger partial charge on any atom is -0.492 e. The summed E-state index contributed by atoms with van der Waals surface area (Å²) in [5.74, 6) is 1.04. The third-order valence-electron chi connectivity index (χ3n) is 4.62. The minimum absolute atomic E-state index is 0.130. The highest BCUT2D eigenvalue weighted by Crippen LogP contribution is 2.23. The quantitative estimate of drug-likeness (QED) is 0.730. The summed E-state index contributed by atoms with van der Waals surface area (Å²) in [6, 6.07) is 7.46. The average molecular weight is 364 g/mol. The van der Waals surface area contributed by atoms with Crippen LogP contribution in [-0.4, -0.2) is 63.0 Å². The number of benzene rings is 1. The fraction of sp³-hybridized carbons (Fsp3) is 0.650. The first-order valence-corrected chi connectivity index (χ1v) is 9.32. The zero-order valence-corrected chi connectivity index (χ0v) is 16.4. The molecule has 6 nitrogen and oxygen atoms in total. The third-order valence-corrected chi connectivity index (χ3v) is 4.62. The van der Waals surface area contributed by atoms with Crippen LogP contribution in [0.5, 0.6) is 5.75 Å². The molecule has 1 aliphatic heterocycles. The normalized spacial score (nSPS) is 17.7. The summed E-state index contributed by atoms with van der Waals surface area (Å²) in [4.78, 5) is 14.9. The first-order chi connectivity index (χ1) is 12.4. The number of carbonyl (C=O) groups excluding carboxylic acids is 1. The van der Waals surface area contributed by atoms with Gasteiger partial charge in [-0.1, -0.05) is 13.8 Å². The van der Waals surface area contributed by atoms with Crippen molar-refractivity contribution in [2.45, 2.75) is 32.8 Å². The monoisotopic (exact) mass is 364 g/mol. The van der Waals surface area contributed by atoms with Gasteiger partial charge in [0.15, 0.2) is 0 Å². The molecule has 1 N–H and O–H groups in total. The Labute approximate surface area is 156 Å². The predicted octanol–water partition coefficient (Wildman–Crippen LogP) is 2.79. The average Bonchev–Trinajstić information content (AvgIpc) is 2.63. The maximum Gasteiger partial charge on any atom is 0.256 e. The maximum atomic E-state index is 12.5. The van der Waals surface area contributed by atoms with E-state index in [2.05, 4.69) is 24.1 Å². The number of amides is 1. The molecule has 0 radical (unpaired) electrons. The van der Waals surface area contributed by atoms with E-state index in [1.54, 1.807) is 7.11 Å². The van der Waals surface area contributed by atoms with Crippen LogP contribution < -0.4 is 10.1 Å². The van der Waals surface area contributed by atoms with Crippen LogP contribution in [0.1, 0.15) is 27.2 Å². The highest BCUT2D eigenvalue weighted by atomic mass is 16.5. The summed E-state index contributed by atoms with van der Waals surface area (Å²) in [5.41, 5.74) is -0.0934. The van der Waals surface area contributed by atoms with Crippen LogP contribution >= 0.6 is 0 Å². The van der Waals surface area contributed by atoms with Crippen LogP contribution in [0.3, 0.4) is 0 Å². The van der Waals surface area contributed by atoms with Crippen molar-refractivity contribution in [1.29, 1.82) is 0 Å². The van der Waals surface area contributed by atoms with Gasteiger partial charge in [-0.2, -0.15) is 0 Å². The van der Waals surface area contributed by atoms with Crippen LogP contribution in [0.25, 0.3) is 0 Å². The molecule has 1 aliphatic rings. The number of methoxy groups -OCH3 is 1. The van der Waals surface area contributed by atoms with Crippen molar-refractivity contribution in [1.82, 2.24) is 4.90 Å². The van der Waals surface area contributed by atoms with Gasteiger partial charge in [0.05, 0.1) is 13.2 Å². The second-order valence-corrected chi connectivity index (χ2v) is 7.31. The summed E-state index contributed by atoms with van der Waals surface area (Å²) in [6.45, 7) is 11.0. The molecule has 1 aromatic carbocycles. The Hall–Kier alpha value is -1.63. The molecule has 1 aromatic rings. The lowest BCUT2D eigenvalue weighted by Crippen LogP contribution is -2.43. The molecule has 1 amide bonds. The fourth-order valence-corrected chi connectivity index (χ4v) is 3.06. The van der Waals surface area contributed by atoms with Crippen molar-refractivity contribution in [2.75, 3.05) is 51.9 Å². The lowest BCUT2D eigenvalue weighted by molar-refractivity contribution is -0.137. The maximum absolute atomic E-state index is 12.5. The van der Waals surface area contributed by atoms with Crippen molar-refractivity contribution >= 4 is 11.6 Å². The molecule has 1 saturated heterocycles. The van der Waals surface area contributed by atoms with Crippen LogP contribution in [0.15, 0.2) is 24.3 Å². The molecule has 0 bridgehead atoms. The molecule has 0 saturated carbocycles. The van der Waals surface area contributed by atoms with E-state index < -0.39 is 5.60 Å². The summed E-state index contributed by atoms with van der Waals surface area (Å²) >= 11 is 0. The molecule has 0 aromatic heterocycles. The third kappa shape index (κ3) is 6.27. The van der Waals surface area contributed by atoms with E-state index in [9.17, 15) is 4.79 Å². The molecule has 0 spiro atoms. The van der Waals surface area contributed by atoms with Crippen LogP contribution in [0.4, 0.5) is 5.69 Å². The molecule has 0 aliphatic carbocycles. The molecule has 1 heterocycles. The molecular weight excluding hydrogens is 332 g/mol. The van der Waals surface area contributed by atoms with Crippen LogP contribution in [0.2, 0.25) is 0 Å². The van der Waals surface area contributed by atoms with Crippen molar-refractivity contribution in [3.8, 4) is 5.75 Å². The largest absolute Gasteiger partial charge is 0.492 e. The van der Waals surface area contributed by atoms with Gasteiger partial charge in [-0.15, -0.1) is 0 Å². The number of nitrogens with one attached hydrogen (secondary N) is 1. The summed E-state index contributed by atoms with van der Waals surface area (Å²) in [5, 5.41) is 2.93. The van der Waals surface area contributed by atoms with Gasteiger partial charge >= 0.3 is 0 Å². The Balaban J connectivity index is 1.81. The van der Waals surface area contributed by atoms with Gasteiger partial charge < -0.3 is 19.5 Å². The number of rotatable bonds is 9. The summed E-state index contributed by atoms with van der Waals surface area (Å²) in [7, 11) is 1.58. The Kier molecular flexibility index (Phi) is 7.87. The van der Waals surface area contributed by atoms with E-state index in [4.69, 9.17) is 14.2 Å². The van der Waals surface area contributed by atoms with E-state index in [1.165, 1.54) is 0 Å². The Morgan fingerprint density at radius 2 is 1.92 bits per heavy atom. The molecule has 2 rings (SSSR count). The Bertz CT molecular complexity index is 555. The second-order valence-electron chi connectivity index (χ2n) is 7.31. The van der Waals surface area contributed by atoms with Crippen LogP contribution in [0, 0.1) is 5.92 Å². The molecule has 26 heavy (non-hydrogen) atoms. The van der Waals surface area contributed by atoms with Crippen molar-refractivity contribution < 1.29 is 19.0 Å². The highest BCUT2D eigenvalue weighted by molar-refractivity contribution is 5.97. The van der Waals surface area contributed by atoms with Gasteiger partial charge in [-0.05, 0) is 43.5 Å². The molecular formula is C20H32N2O4. The Morgan fingerprint density at radius 1 is 1.27 bits per heavy atom. The van der Waals surface area contributed by atoms with Gasteiger partial charge in [-0.25, -0.2) is 0 Å². The van der Waals surface area contributed by atoms with E-state index in [0.29, 0.717) is 18.9 Å². The number of hydrogen-bond donors (Lipinski definition) is 1. The minimum atomic E-state index is -0.832. The van der Waals surface area contributed by atoms with Gasteiger partial charge in [0.1, 0.15) is 18.0 Å². The number of morpholine rings is 1. The second kappa shape index (κ2) is 9.90. The molecule has 0 unspecified atom stereocenters. The van der Waals surface area contributed by atoms with Gasteiger partial charge in [0, 0.05) is 32.4 Å². The van der Waals surface area contributed by atoms with Crippen molar-refractivity contribution in [3.63, 3.8) is 0 Å². The first-order valence-electron chi connectivity index (χ1n) is 9.32. The van der Waals surface area contributed by atoms with Crippen molar-refractivity contribution in [2.24, 2.45) is 5.92 Å². The summed E-state index contributed by atoms with van der Waals surface area (Å²) < 4.78 is 16.6. The topological polar surface area (TPSA) is 60.0 Å². The lowest BCUT2D eigenvalue weighted by Gasteiger charge is -2.28. The van der Waals surface area contributed by atoms with E-state index in [1.807, 2.05) is 31.2 Å². The van der Waals surface area contributed by atoms with Crippen molar-refractivity contribution in [3.05, 3.63) is 24.3 Å². The number of nitrogens with zero attached hydrogens (tertiary/aromatic N) is 1. The van der Waals surface area contributed by atoms with E-state index >= 15 is 0 Å². The summed E-state index contributed by atoms with van der Waals surface area (Å²) in [6.07, 6.45) is 0.665. The molecule has 146 valence electrons. The Morgan fingerprint density at radius 3 is 2.50 bits per heavy atom. The predicted molar refractivity (Wildman–Crippen MR) is 103 cm³/mol. The molecule has 1 atom stereocenters. The number of hydrogen-bond acceptors (Lipinski definition) is 5. The zero-order valence-electron chi connectivity index (χ0n) is 16.4. The van der Waals surface area contributed by atoms with Gasteiger partial charge in [0.25, 0.3) is 5.91 Å². The number of carbonyl (C=O) groups is 1. The molecule has 6 heteroatoms. The SMILES string of the molecule is CO[C@](C)(CC(C)C)C(=O)Nc1ccc(OCCN2CCOCC2)cc1. The van der Waals surface area contributed by atoms with E-state index in [0.717, 1.165) is 44.3 Å². The standard InChI is InChI=1S/C20H32N2O4/c1-16(2)15-20(3,24-4)19(23)21-17-5-7-18(8-6-17)26-14-11-22-9-12-25-13-10-22/h5-8,16H,9-15H2,1-4H3,(H,21,23)/t20-/m1/s1. The van der Waals surface area contributed by atoms with Gasteiger partial charge in [-0.3, -0.25) is 9.69 Å². The zero-order chi connectivity index (χ0) is 19.0. The highest BCUT2D eigenvalue weighted by Gasteiger charge is 2.33. The first kappa shape index (κ1) is 20.7. The van der Waals surface area contributed by atoms with Crippen LogP contribution in [-0.2, 0) is 14.3 Å². The smallest absolute Gasteiger partial charge is 0.256 e. The molecule has 1 fully saturated rings. The lowest BCUT2D eigenvalue weighted by atomic mass is 9.93. The fourth-order valence-electron chi connectivity index (χ4n) is 3.06. The van der Waals surface area contributed by atoms with Gasteiger partial charge in [0.2, 0.25) is 0 Å². The number of anilines is 1. The number of ether oxygens (including phenoxy) is 3. The van der Waals surface area contributed by atoms with E-state index in [-0.39, 0.29) is 5.91 Å².